The molecule has 0 saturated carbocycles. The van der Waals surface area contributed by atoms with Gasteiger partial charge in [0.2, 0.25) is 5.91 Å². The number of hydrogen-bond donors (Lipinski definition) is 2. The first-order valence-corrected chi connectivity index (χ1v) is 10.0. The number of carbonyl (C=O) groups excluding carboxylic acids is 1. The second kappa shape index (κ2) is 7.83. The summed E-state index contributed by atoms with van der Waals surface area (Å²) in [4.78, 5) is 22.0. The number of nitro groups is 1. The van der Waals surface area contributed by atoms with E-state index >= 15 is 0 Å². The maximum absolute atomic E-state index is 12.1. The van der Waals surface area contributed by atoms with Gasteiger partial charge in [-0.3, -0.25) is 14.9 Å². The summed E-state index contributed by atoms with van der Waals surface area (Å²) in [7, 11) is -3.71. The third-order valence-corrected chi connectivity index (χ3v) is 5.48. The predicted molar refractivity (Wildman–Crippen MR) is 102 cm³/mol. The minimum absolute atomic E-state index is 0.125. The molecule has 0 fully saturated rings. The van der Waals surface area contributed by atoms with Gasteiger partial charge in [0, 0.05) is 28.5 Å². The van der Waals surface area contributed by atoms with Crippen LogP contribution in [0.1, 0.15) is 5.56 Å². The first-order valence-electron chi connectivity index (χ1n) is 7.36. The standard InChI is InChI=1S/C16H16BrN3O5S/c1-10-7-11(3-5-13(10)17)19-16(21)9-18-14-6-4-12(20(22)23)8-15(14)26(2,24)25/h3-8,18H,9H2,1-2H3,(H,19,21). The number of hydrogen-bond acceptors (Lipinski definition) is 6. The Balaban J connectivity index is 2.14. The summed E-state index contributed by atoms with van der Waals surface area (Å²) < 4.78 is 24.6. The van der Waals surface area contributed by atoms with Crippen molar-refractivity contribution in [2.45, 2.75) is 11.8 Å². The van der Waals surface area contributed by atoms with Crippen molar-refractivity contribution >= 4 is 48.7 Å². The van der Waals surface area contributed by atoms with Crippen LogP contribution in [0.3, 0.4) is 0 Å². The number of benzene rings is 2. The van der Waals surface area contributed by atoms with E-state index in [1.54, 1.807) is 18.2 Å². The van der Waals surface area contributed by atoms with Gasteiger partial charge in [0.05, 0.1) is 22.1 Å². The van der Waals surface area contributed by atoms with E-state index in [1.807, 2.05) is 6.92 Å². The molecule has 0 spiro atoms. The lowest BCUT2D eigenvalue weighted by molar-refractivity contribution is -0.385. The Kier molecular flexibility index (Phi) is 5.98. The quantitative estimate of drug-likeness (QED) is 0.524. The minimum atomic E-state index is -3.71. The third kappa shape index (κ3) is 5.02. The van der Waals surface area contributed by atoms with Crippen molar-refractivity contribution in [3.8, 4) is 0 Å². The number of nitrogens with one attached hydrogen (secondary N) is 2. The Labute approximate surface area is 158 Å². The van der Waals surface area contributed by atoms with Crippen LogP contribution in [0.2, 0.25) is 0 Å². The maximum atomic E-state index is 12.1. The molecule has 0 saturated heterocycles. The van der Waals surface area contributed by atoms with Crippen molar-refractivity contribution in [1.82, 2.24) is 0 Å². The van der Waals surface area contributed by atoms with E-state index in [1.165, 1.54) is 12.1 Å². The molecule has 1 amide bonds. The molecule has 2 aromatic rings. The number of sulfone groups is 1. The Morgan fingerprint density at radius 2 is 1.92 bits per heavy atom. The van der Waals surface area contributed by atoms with Crippen molar-refractivity contribution in [2.75, 3.05) is 23.4 Å². The fourth-order valence-corrected chi connectivity index (χ4v) is 3.30. The van der Waals surface area contributed by atoms with Crippen LogP contribution in [0.15, 0.2) is 45.8 Å². The first kappa shape index (κ1) is 19.9. The van der Waals surface area contributed by atoms with Gasteiger partial charge in [0.25, 0.3) is 5.69 Å². The molecule has 26 heavy (non-hydrogen) atoms. The Morgan fingerprint density at radius 1 is 1.23 bits per heavy atom. The molecule has 0 radical (unpaired) electrons. The number of carbonyl (C=O) groups is 1. The van der Waals surface area contributed by atoms with Gasteiger partial charge < -0.3 is 10.6 Å². The lowest BCUT2D eigenvalue weighted by atomic mass is 10.2. The van der Waals surface area contributed by atoms with Crippen molar-refractivity contribution in [1.29, 1.82) is 0 Å². The number of nitrogens with zero attached hydrogens (tertiary/aromatic N) is 1. The normalized spacial score (nSPS) is 11.0. The molecular formula is C16H16BrN3O5S. The molecular weight excluding hydrogens is 426 g/mol. The molecule has 2 rings (SSSR count). The zero-order valence-corrected chi connectivity index (χ0v) is 16.3. The van der Waals surface area contributed by atoms with Crippen LogP contribution in [0.25, 0.3) is 0 Å². The SMILES string of the molecule is Cc1cc(NC(=O)CNc2ccc([N+](=O)[O-])cc2S(C)(=O)=O)ccc1Br. The van der Waals surface area contributed by atoms with E-state index in [0.717, 1.165) is 22.4 Å². The fourth-order valence-electron chi connectivity index (χ4n) is 2.18. The number of non-ortho nitro benzene ring substituents is 1. The summed E-state index contributed by atoms with van der Waals surface area (Å²) in [5, 5.41) is 16.2. The smallest absolute Gasteiger partial charge is 0.270 e. The highest BCUT2D eigenvalue weighted by Gasteiger charge is 2.18. The Morgan fingerprint density at radius 3 is 2.50 bits per heavy atom. The highest BCUT2D eigenvalue weighted by atomic mass is 79.9. The summed E-state index contributed by atoms with van der Waals surface area (Å²) in [6, 6.07) is 8.72. The van der Waals surface area contributed by atoms with Crippen molar-refractivity contribution < 1.29 is 18.1 Å². The third-order valence-electron chi connectivity index (χ3n) is 3.46. The van der Waals surface area contributed by atoms with Crippen LogP contribution in [0.5, 0.6) is 0 Å². The molecule has 0 unspecified atom stereocenters. The van der Waals surface area contributed by atoms with E-state index in [9.17, 15) is 23.3 Å². The van der Waals surface area contributed by atoms with Crippen LogP contribution in [-0.2, 0) is 14.6 Å². The van der Waals surface area contributed by atoms with Gasteiger partial charge in [-0.1, -0.05) is 15.9 Å². The van der Waals surface area contributed by atoms with Gasteiger partial charge in [-0.05, 0) is 36.8 Å². The minimum Gasteiger partial charge on any atom is -0.375 e. The van der Waals surface area contributed by atoms with Gasteiger partial charge in [0.1, 0.15) is 0 Å². The highest BCUT2D eigenvalue weighted by Crippen LogP contribution is 2.26. The summed E-state index contributed by atoms with van der Waals surface area (Å²) in [5.74, 6) is -0.385. The van der Waals surface area contributed by atoms with Crippen molar-refractivity contribution in [2.24, 2.45) is 0 Å². The van der Waals surface area contributed by atoms with Gasteiger partial charge >= 0.3 is 0 Å². The summed E-state index contributed by atoms with van der Waals surface area (Å²) in [5.41, 5.74) is 1.33. The second-order valence-corrected chi connectivity index (χ2v) is 8.41. The van der Waals surface area contributed by atoms with Crippen LogP contribution < -0.4 is 10.6 Å². The van der Waals surface area contributed by atoms with Gasteiger partial charge in [0.15, 0.2) is 9.84 Å². The largest absolute Gasteiger partial charge is 0.375 e. The van der Waals surface area contributed by atoms with E-state index in [4.69, 9.17) is 0 Å². The zero-order chi connectivity index (χ0) is 19.5. The zero-order valence-electron chi connectivity index (χ0n) is 13.9. The molecule has 0 aliphatic heterocycles. The number of nitro benzene ring substituents is 1. The average Bonchev–Trinajstić information content (AvgIpc) is 2.55. The molecule has 138 valence electrons. The molecule has 0 aliphatic rings. The monoisotopic (exact) mass is 441 g/mol. The average molecular weight is 442 g/mol. The molecule has 0 atom stereocenters. The van der Waals surface area contributed by atoms with E-state index in [-0.39, 0.29) is 28.7 Å². The first-order chi connectivity index (χ1) is 12.1. The summed E-state index contributed by atoms with van der Waals surface area (Å²) in [6.07, 6.45) is 0.946. The summed E-state index contributed by atoms with van der Waals surface area (Å²) in [6.45, 7) is 1.68. The number of amides is 1. The van der Waals surface area contributed by atoms with Crippen molar-refractivity contribution in [3.63, 3.8) is 0 Å². The Hall–Kier alpha value is -2.46. The lowest BCUT2D eigenvalue weighted by Gasteiger charge is -2.11. The van der Waals surface area contributed by atoms with Crippen molar-refractivity contribution in [3.05, 3.63) is 56.5 Å². The predicted octanol–water partition coefficient (Wildman–Crippen LogP) is 3.12. The highest BCUT2D eigenvalue weighted by molar-refractivity contribution is 9.10. The molecule has 8 nitrogen and oxygen atoms in total. The molecule has 0 aromatic heterocycles. The molecule has 0 bridgehead atoms. The lowest BCUT2D eigenvalue weighted by Crippen LogP contribution is -2.22. The second-order valence-electron chi connectivity index (χ2n) is 5.58. The number of rotatable bonds is 6. The summed E-state index contributed by atoms with van der Waals surface area (Å²) >= 11 is 3.37. The maximum Gasteiger partial charge on any atom is 0.270 e. The number of aryl methyl sites for hydroxylation is 1. The van der Waals surface area contributed by atoms with E-state index in [0.29, 0.717) is 5.69 Å². The van der Waals surface area contributed by atoms with Gasteiger partial charge in [-0.2, -0.15) is 0 Å². The molecule has 0 aliphatic carbocycles. The van der Waals surface area contributed by atoms with Crippen LogP contribution >= 0.6 is 15.9 Å². The van der Waals surface area contributed by atoms with Crippen LogP contribution in [0.4, 0.5) is 17.1 Å². The van der Waals surface area contributed by atoms with E-state index in [2.05, 4.69) is 26.6 Å². The Bertz CT molecular complexity index is 976. The molecule has 10 heteroatoms. The molecule has 0 heterocycles. The molecule has 2 N–H and O–H groups in total. The van der Waals surface area contributed by atoms with Crippen LogP contribution in [0, 0.1) is 17.0 Å². The van der Waals surface area contributed by atoms with Gasteiger partial charge in [-0.15, -0.1) is 0 Å². The van der Waals surface area contributed by atoms with E-state index < -0.39 is 14.8 Å². The molecule has 2 aromatic carbocycles. The van der Waals surface area contributed by atoms with Gasteiger partial charge in [-0.25, -0.2) is 8.42 Å². The topological polar surface area (TPSA) is 118 Å². The number of anilines is 2. The fraction of sp³-hybridized carbons (Fsp3) is 0.188. The number of halogens is 1. The van der Waals surface area contributed by atoms with Crippen LogP contribution in [-0.4, -0.2) is 32.0 Å².